The summed E-state index contributed by atoms with van der Waals surface area (Å²) in [6.45, 7) is 3.82. The minimum absolute atomic E-state index is 0.0350. The molecule has 160 valence electrons. The Balaban J connectivity index is 2.10. The first-order chi connectivity index (χ1) is 14.2. The van der Waals surface area contributed by atoms with Gasteiger partial charge in [0.25, 0.3) is 5.69 Å². The van der Waals surface area contributed by atoms with Crippen molar-refractivity contribution in [2.75, 3.05) is 13.7 Å². The lowest BCUT2D eigenvalue weighted by atomic mass is 9.99. The van der Waals surface area contributed by atoms with Crippen molar-refractivity contribution in [2.45, 2.75) is 38.9 Å². The van der Waals surface area contributed by atoms with Crippen LogP contribution in [0.2, 0.25) is 0 Å². The first kappa shape index (κ1) is 23.3. The maximum Gasteiger partial charge on any atom is 0.269 e. The molecule has 0 saturated heterocycles. The normalized spacial score (nSPS) is 12.7. The molecule has 2 rings (SSSR count). The largest absolute Gasteiger partial charge is 0.507 e. The summed E-state index contributed by atoms with van der Waals surface area (Å²) in [5.74, 6) is 0.226. The van der Waals surface area contributed by atoms with Crippen molar-refractivity contribution in [3.63, 3.8) is 0 Å². The van der Waals surface area contributed by atoms with Crippen LogP contribution in [0.25, 0.3) is 0 Å². The van der Waals surface area contributed by atoms with Crippen molar-refractivity contribution in [3.8, 4) is 5.75 Å². The maximum atomic E-state index is 10.8. The van der Waals surface area contributed by atoms with Crippen molar-refractivity contribution in [1.82, 2.24) is 0 Å². The number of benzene rings is 2. The summed E-state index contributed by atoms with van der Waals surface area (Å²) < 4.78 is 5.17. The van der Waals surface area contributed by atoms with Gasteiger partial charge in [0.15, 0.2) is 0 Å². The van der Waals surface area contributed by atoms with Gasteiger partial charge in [0.1, 0.15) is 5.75 Å². The smallest absolute Gasteiger partial charge is 0.269 e. The van der Waals surface area contributed by atoms with Crippen molar-refractivity contribution in [1.29, 1.82) is 0 Å². The molecule has 7 heteroatoms. The van der Waals surface area contributed by atoms with Gasteiger partial charge in [0.05, 0.1) is 23.7 Å². The SMILES string of the molecule is COCC(=C=CC[C@@H](O)c1cc(C)c(O)c(C)c1)C[C@@H](O)c1ccc([N+](=O)[O-])cc1. The average molecular weight is 413 g/mol. The summed E-state index contributed by atoms with van der Waals surface area (Å²) in [5, 5.41) is 41.5. The van der Waals surface area contributed by atoms with Crippen LogP contribution >= 0.6 is 0 Å². The first-order valence-electron chi connectivity index (χ1n) is 9.55. The van der Waals surface area contributed by atoms with Crippen molar-refractivity contribution in [3.05, 3.63) is 86.1 Å². The third-order valence-electron chi connectivity index (χ3n) is 4.79. The average Bonchev–Trinajstić information content (AvgIpc) is 2.71. The standard InChI is InChI=1S/C23H27NO6/c1-15-11-19(12-16(2)23(15)27)21(25)6-4-5-17(14-30-3)13-22(26)18-7-9-20(10-8-18)24(28)29/h4,7-12,21-22,25-27H,6,13-14H2,1-3H3/t5?,21-,22-/m1/s1. The minimum Gasteiger partial charge on any atom is -0.507 e. The summed E-state index contributed by atoms with van der Waals surface area (Å²) in [4.78, 5) is 10.3. The molecular weight excluding hydrogens is 386 g/mol. The predicted molar refractivity (Wildman–Crippen MR) is 113 cm³/mol. The van der Waals surface area contributed by atoms with Gasteiger partial charge < -0.3 is 20.1 Å². The second-order valence-electron chi connectivity index (χ2n) is 7.21. The zero-order valence-corrected chi connectivity index (χ0v) is 17.3. The molecule has 7 nitrogen and oxygen atoms in total. The summed E-state index contributed by atoms with van der Waals surface area (Å²) >= 11 is 0. The van der Waals surface area contributed by atoms with Gasteiger partial charge in [0, 0.05) is 32.1 Å². The molecule has 0 unspecified atom stereocenters. The molecule has 0 aliphatic carbocycles. The molecule has 2 aromatic carbocycles. The summed E-state index contributed by atoms with van der Waals surface area (Å²) in [5.41, 5.74) is 6.43. The van der Waals surface area contributed by atoms with Gasteiger partial charge in [-0.05, 0) is 72.0 Å². The van der Waals surface area contributed by atoms with Crippen LogP contribution in [0, 0.1) is 24.0 Å². The Hall–Kier alpha value is -2.96. The fourth-order valence-corrected chi connectivity index (χ4v) is 3.14. The highest BCUT2D eigenvalue weighted by atomic mass is 16.6. The van der Waals surface area contributed by atoms with Crippen LogP contribution in [0.5, 0.6) is 5.75 Å². The zero-order chi connectivity index (χ0) is 22.3. The van der Waals surface area contributed by atoms with E-state index in [9.17, 15) is 25.4 Å². The maximum absolute atomic E-state index is 10.8. The molecule has 0 bridgehead atoms. The van der Waals surface area contributed by atoms with Crippen LogP contribution in [0.4, 0.5) is 5.69 Å². The fraction of sp³-hybridized carbons (Fsp3) is 0.348. The number of hydrogen-bond donors (Lipinski definition) is 3. The molecule has 0 fully saturated rings. The van der Waals surface area contributed by atoms with Crippen LogP contribution in [0.15, 0.2) is 53.8 Å². The molecule has 30 heavy (non-hydrogen) atoms. The van der Waals surface area contributed by atoms with Crippen LogP contribution in [-0.4, -0.2) is 34.0 Å². The molecule has 2 atom stereocenters. The van der Waals surface area contributed by atoms with Gasteiger partial charge in [0.2, 0.25) is 0 Å². The molecule has 0 amide bonds. The molecule has 2 aromatic rings. The molecule has 3 N–H and O–H groups in total. The van der Waals surface area contributed by atoms with Crippen LogP contribution in [0.3, 0.4) is 0 Å². The van der Waals surface area contributed by atoms with Gasteiger partial charge in [-0.2, -0.15) is 0 Å². The van der Waals surface area contributed by atoms with E-state index in [4.69, 9.17) is 4.74 Å². The number of nitro groups is 1. The minimum atomic E-state index is -0.857. The number of aliphatic hydroxyl groups is 2. The Labute approximate surface area is 175 Å². The highest BCUT2D eigenvalue weighted by Gasteiger charge is 2.13. The topological polar surface area (TPSA) is 113 Å². The van der Waals surface area contributed by atoms with Crippen LogP contribution in [-0.2, 0) is 4.74 Å². The Morgan fingerprint density at radius 3 is 2.27 bits per heavy atom. The Bertz CT molecular complexity index is 922. The summed E-state index contributed by atoms with van der Waals surface area (Å²) in [7, 11) is 1.54. The summed E-state index contributed by atoms with van der Waals surface area (Å²) in [6, 6.07) is 9.25. The van der Waals surface area contributed by atoms with Crippen molar-refractivity contribution < 1.29 is 25.0 Å². The van der Waals surface area contributed by atoms with E-state index in [1.54, 1.807) is 32.1 Å². The lowest BCUT2D eigenvalue weighted by Crippen LogP contribution is -2.03. The molecule has 0 aromatic heterocycles. The van der Waals surface area contributed by atoms with Gasteiger partial charge in [-0.25, -0.2) is 0 Å². The van der Waals surface area contributed by atoms with E-state index in [1.807, 2.05) is 0 Å². The number of phenols is 1. The van der Waals surface area contributed by atoms with E-state index < -0.39 is 17.1 Å². The number of phenolic OH excluding ortho intramolecular Hbond substituents is 1. The number of methoxy groups -OCH3 is 1. The number of rotatable bonds is 9. The number of ether oxygens (including phenoxy) is 1. The van der Waals surface area contributed by atoms with Gasteiger partial charge >= 0.3 is 0 Å². The number of nitro benzene ring substituents is 1. The van der Waals surface area contributed by atoms with Crippen LogP contribution < -0.4 is 0 Å². The Morgan fingerprint density at radius 2 is 1.73 bits per heavy atom. The number of aromatic hydroxyl groups is 1. The molecule has 0 heterocycles. The number of hydrogen-bond acceptors (Lipinski definition) is 6. The summed E-state index contributed by atoms with van der Waals surface area (Å²) in [6.07, 6.45) is 0.641. The molecule has 0 aliphatic rings. The van der Waals surface area contributed by atoms with Gasteiger partial charge in [-0.3, -0.25) is 10.1 Å². The second kappa shape index (κ2) is 10.7. The van der Waals surface area contributed by atoms with E-state index in [-0.39, 0.29) is 24.5 Å². The van der Waals surface area contributed by atoms with E-state index in [2.05, 4.69) is 5.73 Å². The third-order valence-corrected chi connectivity index (χ3v) is 4.79. The number of aryl methyl sites for hydroxylation is 2. The zero-order valence-electron chi connectivity index (χ0n) is 17.3. The number of nitrogens with zero attached hydrogens (tertiary/aromatic N) is 1. The van der Waals surface area contributed by atoms with Crippen LogP contribution in [0.1, 0.15) is 47.3 Å². The monoisotopic (exact) mass is 413 g/mol. The Morgan fingerprint density at radius 1 is 1.13 bits per heavy atom. The van der Waals surface area contributed by atoms with E-state index in [0.717, 1.165) is 0 Å². The molecule has 0 spiro atoms. The molecule has 0 radical (unpaired) electrons. The van der Waals surface area contributed by atoms with Crippen molar-refractivity contribution >= 4 is 5.69 Å². The molecular formula is C23H27NO6. The molecule has 0 saturated carbocycles. The number of non-ortho nitro benzene ring substituents is 1. The molecule has 0 aliphatic heterocycles. The second-order valence-corrected chi connectivity index (χ2v) is 7.21. The third kappa shape index (κ3) is 6.27. The lowest BCUT2D eigenvalue weighted by Gasteiger charge is -2.13. The highest BCUT2D eigenvalue weighted by molar-refractivity contribution is 5.43. The fourth-order valence-electron chi connectivity index (χ4n) is 3.14. The van der Waals surface area contributed by atoms with E-state index in [0.29, 0.717) is 34.2 Å². The number of aliphatic hydroxyl groups excluding tert-OH is 2. The van der Waals surface area contributed by atoms with Crippen molar-refractivity contribution in [2.24, 2.45) is 0 Å². The quantitative estimate of drug-likeness (QED) is 0.323. The Kier molecular flexibility index (Phi) is 8.33. The first-order valence-corrected chi connectivity index (χ1v) is 9.55. The lowest BCUT2D eigenvalue weighted by molar-refractivity contribution is -0.384. The highest BCUT2D eigenvalue weighted by Crippen LogP contribution is 2.28. The van der Waals surface area contributed by atoms with E-state index in [1.165, 1.54) is 31.4 Å². The van der Waals surface area contributed by atoms with Gasteiger partial charge in [-0.15, -0.1) is 5.73 Å². The van der Waals surface area contributed by atoms with E-state index >= 15 is 0 Å². The van der Waals surface area contributed by atoms with Gasteiger partial charge in [-0.1, -0.05) is 0 Å². The predicted octanol–water partition coefficient (Wildman–Crippen LogP) is 4.19.